The zero-order chi connectivity index (χ0) is 18.8. The number of ketones is 1. The van der Waals surface area contributed by atoms with Crippen LogP contribution < -0.4 is 0 Å². The van der Waals surface area contributed by atoms with E-state index in [2.05, 4.69) is 9.72 Å². The lowest BCUT2D eigenvalue weighted by Crippen LogP contribution is -2.32. The van der Waals surface area contributed by atoms with Crippen LogP contribution in [0, 0.1) is 13.8 Å². The zero-order valence-corrected chi connectivity index (χ0v) is 15.3. The fourth-order valence-corrected chi connectivity index (χ4v) is 3.76. The SMILES string of the molecule is COC(=O)c1[nH]c(C)c(C(=O)CN(C)S(=O)(=O)c2ccccc2)c1C. The fourth-order valence-electron chi connectivity index (χ4n) is 2.61. The number of ether oxygens (including phenoxy) is 1. The Balaban J connectivity index is 2.29. The standard InChI is InChI=1S/C17H20N2O5S/c1-11-15(12(2)18-16(11)17(21)24-4)14(20)10-19(3)25(22,23)13-8-6-5-7-9-13/h5-9,18H,10H2,1-4H3. The monoisotopic (exact) mass is 364 g/mol. The number of nitrogens with zero attached hydrogens (tertiary/aromatic N) is 1. The summed E-state index contributed by atoms with van der Waals surface area (Å²) in [5.74, 6) is -0.978. The molecule has 0 amide bonds. The maximum atomic E-state index is 12.6. The van der Waals surface area contributed by atoms with Crippen molar-refractivity contribution in [2.45, 2.75) is 18.7 Å². The van der Waals surface area contributed by atoms with Crippen LogP contribution in [0.4, 0.5) is 0 Å². The molecule has 1 aromatic carbocycles. The van der Waals surface area contributed by atoms with Crippen LogP contribution in [0.3, 0.4) is 0 Å². The second-order valence-electron chi connectivity index (χ2n) is 5.61. The molecule has 0 saturated heterocycles. The van der Waals surface area contributed by atoms with E-state index in [4.69, 9.17) is 0 Å². The number of aryl methyl sites for hydroxylation is 1. The van der Waals surface area contributed by atoms with Crippen LogP contribution in [-0.2, 0) is 14.8 Å². The number of sulfonamides is 1. The molecule has 0 saturated carbocycles. The molecule has 0 bridgehead atoms. The molecule has 0 aliphatic carbocycles. The maximum Gasteiger partial charge on any atom is 0.354 e. The van der Waals surface area contributed by atoms with Gasteiger partial charge in [0, 0.05) is 18.3 Å². The molecule has 7 nitrogen and oxygen atoms in total. The average Bonchev–Trinajstić information content (AvgIpc) is 2.89. The fraction of sp³-hybridized carbons (Fsp3) is 0.294. The van der Waals surface area contributed by atoms with Gasteiger partial charge in [0.25, 0.3) is 0 Å². The Morgan fingerprint density at radius 3 is 2.32 bits per heavy atom. The number of benzene rings is 1. The first-order valence-corrected chi connectivity index (χ1v) is 8.96. The van der Waals surface area contributed by atoms with E-state index in [1.54, 1.807) is 32.0 Å². The number of hydrogen-bond donors (Lipinski definition) is 1. The van der Waals surface area contributed by atoms with Crippen molar-refractivity contribution >= 4 is 21.8 Å². The van der Waals surface area contributed by atoms with E-state index in [1.807, 2.05) is 0 Å². The van der Waals surface area contributed by atoms with E-state index in [9.17, 15) is 18.0 Å². The lowest BCUT2D eigenvalue weighted by molar-refractivity contribution is 0.0594. The molecular formula is C17H20N2O5S. The lowest BCUT2D eigenvalue weighted by atomic mass is 10.1. The topological polar surface area (TPSA) is 96.5 Å². The number of Topliss-reactive ketones (excluding diaryl/α,β-unsaturated/α-hetero) is 1. The molecule has 0 fully saturated rings. The normalized spacial score (nSPS) is 11.6. The van der Waals surface area contributed by atoms with Crippen LogP contribution in [0.1, 0.15) is 32.1 Å². The van der Waals surface area contributed by atoms with Crippen molar-refractivity contribution in [3.63, 3.8) is 0 Å². The average molecular weight is 364 g/mol. The van der Waals surface area contributed by atoms with Crippen LogP contribution in [0.15, 0.2) is 35.2 Å². The van der Waals surface area contributed by atoms with Crippen molar-refractivity contribution in [3.05, 3.63) is 52.8 Å². The summed E-state index contributed by atoms with van der Waals surface area (Å²) in [5, 5.41) is 0. The van der Waals surface area contributed by atoms with Gasteiger partial charge in [0.05, 0.1) is 18.6 Å². The summed E-state index contributed by atoms with van der Waals surface area (Å²) in [6.45, 7) is 2.93. The van der Waals surface area contributed by atoms with Crippen molar-refractivity contribution in [2.24, 2.45) is 0 Å². The summed E-state index contributed by atoms with van der Waals surface area (Å²) in [6.07, 6.45) is 0. The van der Waals surface area contributed by atoms with E-state index < -0.39 is 21.8 Å². The van der Waals surface area contributed by atoms with Gasteiger partial charge >= 0.3 is 5.97 Å². The summed E-state index contributed by atoms with van der Waals surface area (Å²) in [7, 11) is -1.18. The van der Waals surface area contributed by atoms with E-state index in [0.717, 1.165) is 4.31 Å². The Morgan fingerprint density at radius 1 is 1.16 bits per heavy atom. The van der Waals surface area contributed by atoms with Gasteiger partial charge in [0.15, 0.2) is 5.78 Å². The highest BCUT2D eigenvalue weighted by atomic mass is 32.2. The summed E-state index contributed by atoms with van der Waals surface area (Å²) in [5.41, 5.74) is 1.43. The number of aromatic amines is 1. The minimum absolute atomic E-state index is 0.114. The number of aromatic nitrogens is 1. The molecule has 0 spiro atoms. The number of nitrogens with one attached hydrogen (secondary N) is 1. The molecule has 25 heavy (non-hydrogen) atoms. The third kappa shape index (κ3) is 3.64. The molecule has 1 N–H and O–H groups in total. The molecule has 0 aliphatic rings. The number of hydrogen-bond acceptors (Lipinski definition) is 5. The van der Waals surface area contributed by atoms with Crippen LogP contribution in [-0.4, -0.2) is 50.2 Å². The Labute approximate surface area is 146 Å². The molecule has 1 heterocycles. The first-order valence-electron chi connectivity index (χ1n) is 7.52. The van der Waals surface area contributed by atoms with Crippen molar-refractivity contribution in [1.82, 2.24) is 9.29 Å². The Morgan fingerprint density at radius 2 is 1.76 bits per heavy atom. The number of rotatable bonds is 6. The summed E-state index contributed by atoms with van der Waals surface area (Å²) >= 11 is 0. The second-order valence-corrected chi connectivity index (χ2v) is 7.66. The highest BCUT2D eigenvalue weighted by Gasteiger charge is 2.27. The number of likely N-dealkylation sites (N-methyl/N-ethyl adjacent to an activating group) is 1. The molecule has 0 atom stereocenters. The molecule has 2 rings (SSSR count). The largest absolute Gasteiger partial charge is 0.464 e. The number of carbonyl (C=O) groups excluding carboxylic acids is 2. The van der Waals surface area contributed by atoms with E-state index in [1.165, 1.54) is 26.3 Å². The highest BCUT2D eigenvalue weighted by Crippen LogP contribution is 2.21. The minimum atomic E-state index is -3.77. The Hall–Kier alpha value is -2.45. The van der Waals surface area contributed by atoms with Crippen LogP contribution in [0.5, 0.6) is 0 Å². The predicted molar refractivity (Wildman–Crippen MR) is 92.2 cm³/mol. The maximum absolute atomic E-state index is 12.6. The van der Waals surface area contributed by atoms with Gasteiger partial charge in [-0.1, -0.05) is 18.2 Å². The first kappa shape index (κ1) is 18.9. The van der Waals surface area contributed by atoms with Crippen LogP contribution in [0.2, 0.25) is 0 Å². The molecule has 134 valence electrons. The van der Waals surface area contributed by atoms with Crippen molar-refractivity contribution in [2.75, 3.05) is 20.7 Å². The van der Waals surface area contributed by atoms with Gasteiger partial charge < -0.3 is 9.72 Å². The summed E-state index contributed by atoms with van der Waals surface area (Å²) in [4.78, 5) is 27.3. The van der Waals surface area contributed by atoms with Crippen molar-refractivity contribution in [3.8, 4) is 0 Å². The quantitative estimate of drug-likeness (QED) is 0.624. The van der Waals surface area contributed by atoms with E-state index >= 15 is 0 Å². The molecule has 1 aromatic heterocycles. The minimum Gasteiger partial charge on any atom is -0.464 e. The second kappa shape index (κ2) is 7.20. The van der Waals surface area contributed by atoms with Crippen molar-refractivity contribution in [1.29, 1.82) is 0 Å². The third-order valence-corrected chi connectivity index (χ3v) is 5.74. The first-order chi connectivity index (χ1) is 11.7. The van der Waals surface area contributed by atoms with E-state index in [-0.39, 0.29) is 17.1 Å². The smallest absolute Gasteiger partial charge is 0.354 e. The number of carbonyl (C=O) groups is 2. The van der Waals surface area contributed by atoms with Crippen LogP contribution >= 0.6 is 0 Å². The molecule has 0 unspecified atom stereocenters. The lowest BCUT2D eigenvalue weighted by Gasteiger charge is -2.16. The van der Waals surface area contributed by atoms with Gasteiger partial charge in [-0.05, 0) is 31.5 Å². The molecular weight excluding hydrogens is 344 g/mol. The Kier molecular flexibility index (Phi) is 5.44. The molecule has 0 aliphatic heterocycles. The summed E-state index contributed by atoms with van der Waals surface area (Å²) < 4.78 is 30.7. The Bertz CT molecular complexity index is 901. The van der Waals surface area contributed by atoms with Gasteiger partial charge in [-0.3, -0.25) is 4.79 Å². The van der Waals surface area contributed by atoms with Gasteiger partial charge in [-0.2, -0.15) is 4.31 Å². The van der Waals surface area contributed by atoms with Gasteiger partial charge in [-0.25, -0.2) is 13.2 Å². The van der Waals surface area contributed by atoms with Crippen LogP contribution in [0.25, 0.3) is 0 Å². The summed E-state index contributed by atoms with van der Waals surface area (Å²) in [6, 6.07) is 7.89. The van der Waals surface area contributed by atoms with Crippen molar-refractivity contribution < 1.29 is 22.7 Å². The molecule has 2 aromatic rings. The zero-order valence-electron chi connectivity index (χ0n) is 14.5. The molecule has 0 radical (unpaired) electrons. The van der Waals surface area contributed by atoms with E-state index in [0.29, 0.717) is 16.8 Å². The van der Waals surface area contributed by atoms with Gasteiger partial charge in [-0.15, -0.1) is 0 Å². The number of methoxy groups -OCH3 is 1. The highest BCUT2D eigenvalue weighted by molar-refractivity contribution is 7.89. The molecule has 8 heteroatoms. The van der Waals surface area contributed by atoms with Gasteiger partial charge in [0.2, 0.25) is 10.0 Å². The number of esters is 1. The third-order valence-electron chi connectivity index (χ3n) is 3.92. The number of H-pyrrole nitrogens is 1. The van der Waals surface area contributed by atoms with Gasteiger partial charge in [0.1, 0.15) is 5.69 Å². The predicted octanol–water partition coefficient (Wildman–Crippen LogP) is 1.92.